The minimum absolute atomic E-state index is 0.0915. The van der Waals surface area contributed by atoms with Gasteiger partial charge in [0.1, 0.15) is 5.82 Å². The first-order valence-corrected chi connectivity index (χ1v) is 6.95. The maximum absolute atomic E-state index is 12.9. The standard InChI is InChI=1S/C15H15F3N4O/c1-3-12(23)22(9-11-7-5-4-6-8-11)14-20-10(2)19-13(21-14)15(16,17)18/h4-8H,3,9H2,1-2H3. The Kier molecular flexibility index (Phi) is 4.92. The van der Waals surface area contributed by atoms with E-state index in [0.717, 1.165) is 10.5 Å². The first-order chi connectivity index (χ1) is 10.8. The van der Waals surface area contributed by atoms with Crippen LogP contribution in [0.2, 0.25) is 0 Å². The van der Waals surface area contributed by atoms with Crippen LogP contribution in [-0.2, 0) is 17.5 Å². The van der Waals surface area contributed by atoms with Crippen molar-refractivity contribution in [2.24, 2.45) is 0 Å². The second-order valence-corrected chi connectivity index (χ2v) is 4.82. The summed E-state index contributed by atoms with van der Waals surface area (Å²) in [5.74, 6) is -2.06. The van der Waals surface area contributed by atoms with Crippen LogP contribution in [0.15, 0.2) is 30.3 Å². The van der Waals surface area contributed by atoms with Crippen molar-refractivity contribution < 1.29 is 18.0 Å². The Morgan fingerprint density at radius 2 is 1.78 bits per heavy atom. The van der Waals surface area contributed by atoms with Crippen LogP contribution in [-0.4, -0.2) is 20.9 Å². The molecule has 0 fully saturated rings. The van der Waals surface area contributed by atoms with E-state index in [9.17, 15) is 18.0 Å². The van der Waals surface area contributed by atoms with Crippen molar-refractivity contribution in [3.8, 4) is 0 Å². The van der Waals surface area contributed by atoms with Crippen LogP contribution in [0.1, 0.15) is 30.6 Å². The molecular weight excluding hydrogens is 309 g/mol. The molecule has 0 radical (unpaired) electrons. The normalized spacial score (nSPS) is 11.3. The van der Waals surface area contributed by atoms with Crippen molar-refractivity contribution in [3.05, 3.63) is 47.5 Å². The third-order valence-electron chi connectivity index (χ3n) is 3.02. The predicted molar refractivity (Wildman–Crippen MR) is 77.5 cm³/mol. The molecule has 2 aromatic rings. The summed E-state index contributed by atoms with van der Waals surface area (Å²) in [4.78, 5) is 23.9. The van der Waals surface area contributed by atoms with Gasteiger partial charge in [-0.25, -0.2) is 4.98 Å². The van der Waals surface area contributed by atoms with Crippen molar-refractivity contribution in [1.29, 1.82) is 0 Å². The van der Waals surface area contributed by atoms with E-state index in [1.165, 1.54) is 6.92 Å². The highest BCUT2D eigenvalue weighted by molar-refractivity contribution is 5.91. The van der Waals surface area contributed by atoms with Gasteiger partial charge < -0.3 is 0 Å². The molecule has 0 spiro atoms. The SMILES string of the molecule is CCC(=O)N(Cc1ccccc1)c1nc(C)nc(C(F)(F)F)n1. The molecule has 23 heavy (non-hydrogen) atoms. The lowest BCUT2D eigenvalue weighted by Crippen LogP contribution is -2.32. The summed E-state index contributed by atoms with van der Waals surface area (Å²) >= 11 is 0. The number of aromatic nitrogens is 3. The highest BCUT2D eigenvalue weighted by Crippen LogP contribution is 2.27. The van der Waals surface area contributed by atoms with Crippen LogP contribution in [0.5, 0.6) is 0 Å². The van der Waals surface area contributed by atoms with Crippen LogP contribution >= 0.6 is 0 Å². The first kappa shape index (κ1) is 16.9. The topological polar surface area (TPSA) is 59.0 Å². The van der Waals surface area contributed by atoms with E-state index in [0.29, 0.717) is 0 Å². The van der Waals surface area contributed by atoms with E-state index >= 15 is 0 Å². The number of amides is 1. The fourth-order valence-electron chi connectivity index (χ4n) is 1.94. The lowest BCUT2D eigenvalue weighted by atomic mass is 10.2. The van der Waals surface area contributed by atoms with Gasteiger partial charge in [-0.05, 0) is 12.5 Å². The number of aryl methyl sites for hydroxylation is 1. The average molecular weight is 324 g/mol. The van der Waals surface area contributed by atoms with E-state index < -0.39 is 12.0 Å². The molecule has 0 N–H and O–H groups in total. The summed E-state index contributed by atoms with van der Waals surface area (Å²) < 4.78 is 38.6. The third-order valence-corrected chi connectivity index (χ3v) is 3.02. The molecule has 5 nitrogen and oxygen atoms in total. The molecule has 0 saturated carbocycles. The number of nitrogens with zero attached hydrogens (tertiary/aromatic N) is 4. The van der Waals surface area contributed by atoms with Gasteiger partial charge in [0.15, 0.2) is 0 Å². The Morgan fingerprint density at radius 3 is 2.35 bits per heavy atom. The number of carbonyl (C=O) groups excluding carboxylic acids is 1. The fraction of sp³-hybridized carbons (Fsp3) is 0.333. The number of alkyl halides is 3. The molecule has 0 saturated heterocycles. The molecular formula is C15H15F3N4O. The monoisotopic (exact) mass is 324 g/mol. The van der Waals surface area contributed by atoms with Gasteiger partial charge >= 0.3 is 6.18 Å². The molecule has 0 atom stereocenters. The molecule has 1 aromatic heterocycles. The lowest BCUT2D eigenvalue weighted by Gasteiger charge is -2.21. The zero-order valence-electron chi connectivity index (χ0n) is 12.6. The highest BCUT2D eigenvalue weighted by atomic mass is 19.4. The van der Waals surface area contributed by atoms with Crippen molar-refractivity contribution in [1.82, 2.24) is 15.0 Å². The van der Waals surface area contributed by atoms with Crippen LogP contribution in [0.3, 0.4) is 0 Å². The number of anilines is 1. The maximum atomic E-state index is 12.9. The van der Waals surface area contributed by atoms with E-state index in [-0.39, 0.29) is 30.6 Å². The zero-order chi connectivity index (χ0) is 17.0. The van der Waals surface area contributed by atoms with Gasteiger partial charge in [0.05, 0.1) is 6.54 Å². The summed E-state index contributed by atoms with van der Waals surface area (Å²) in [6.45, 7) is 3.05. The van der Waals surface area contributed by atoms with Crippen LogP contribution < -0.4 is 4.90 Å². The number of rotatable bonds is 4. The van der Waals surface area contributed by atoms with Gasteiger partial charge in [0.25, 0.3) is 0 Å². The molecule has 0 aliphatic rings. The molecule has 1 amide bonds. The van der Waals surface area contributed by atoms with Gasteiger partial charge in [-0.1, -0.05) is 37.3 Å². The predicted octanol–water partition coefficient (Wildman–Crippen LogP) is 3.14. The van der Waals surface area contributed by atoms with Gasteiger partial charge in [-0.15, -0.1) is 0 Å². The van der Waals surface area contributed by atoms with Crippen molar-refractivity contribution in [2.45, 2.75) is 33.0 Å². The number of hydrogen-bond donors (Lipinski definition) is 0. The highest BCUT2D eigenvalue weighted by Gasteiger charge is 2.36. The second-order valence-electron chi connectivity index (χ2n) is 4.82. The molecule has 8 heteroatoms. The Morgan fingerprint density at radius 1 is 1.13 bits per heavy atom. The maximum Gasteiger partial charge on any atom is 0.451 e. The minimum Gasteiger partial charge on any atom is -0.276 e. The molecule has 0 aliphatic carbocycles. The van der Waals surface area contributed by atoms with Crippen LogP contribution in [0, 0.1) is 6.92 Å². The second kappa shape index (κ2) is 6.72. The summed E-state index contributed by atoms with van der Waals surface area (Å²) in [6, 6.07) is 8.92. The van der Waals surface area contributed by atoms with E-state index in [4.69, 9.17) is 0 Å². The average Bonchev–Trinajstić information content (AvgIpc) is 2.51. The Bertz CT molecular complexity index is 689. The Labute approximate surface area is 131 Å². The van der Waals surface area contributed by atoms with Gasteiger partial charge in [-0.3, -0.25) is 9.69 Å². The van der Waals surface area contributed by atoms with Crippen molar-refractivity contribution in [3.63, 3.8) is 0 Å². The Balaban J connectivity index is 2.43. The summed E-state index contributed by atoms with van der Waals surface area (Å²) in [5, 5.41) is 0. The van der Waals surface area contributed by atoms with Gasteiger partial charge in [-0.2, -0.15) is 23.1 Å². The molecule has 0 bridgehead atoms. The zero-order valence-corrected chi connectivity index (χ0v) is 12.6. The first-order valence-electron chi connectivity index (χ1n) is 6.95. The molecule has 1 aromatic carbocycles. The van der Waals surface area contributed by atoms with Crippen LogP contribution in [0.4, 0.5) is 19.1 Å². The largest absolute Gasteiger partial charge is 0.451 e. The fourth-order valence-corrected chi connectivity index (χ4v) is 1.94. The van der Waals surface area contributed by atoms with Crippen molar-refractivity contribution in [2.75, 3.05) is 4.90 Å². The van der Waals surface area contributed by atoms with Gasteiger partial charge in [0.2, 0.25) is 17.7 Å². The van der Waals surface area contributed by atoms with Gasteiger partial charge in [0, 0.05) is 6.42 Å². The third kappa shape index (κ3) is 4.24. The number of hydrogen-bond acceptors (Lipinski definition) is 4. The summed E-state index contributed by atoms with van der Waals surface area (Å²) in [5.41, 5.74) is 0.765. The number of benzene rings is 1. The summed E-state index contributed by atoms with van der Waals surface area (Å²) in [7, 11) is 0. The summed E-state index contributed by atoms with van der Waals surface area (Å²) in [6.07, 6.45) is -4.57. The quantitative estimate of drug-likeness (QED) is 0.867. The molecule has 122 valence electrons. The van der Waals surface area contributed by atoms with E-state index in [1.54, 1.807) is 31.2 Å². The minimum atomic E-state index is -4.70. The number of halogens is 3. The Hall–Kier alpha value is -2.51. The molecule has 0 aliphatic heterocycles. The van der Waals surface area contributed by atoms with Crippen molar-refractivity contribution >= 4 is 11.9 Å². The molecule has 1 heterocycles. The van der Waals surface area contributed by atoms with E-state index in [2.05, 4.69) is 15.0 Å². The lowest BCUT2D eigenvalue weighted by molar-refractivity contribution is -0.145. The molecule has 2 rings (SSSR count). The number of carbonyl (C=O) groups is 1. The molecule has 0 unspecified atom stereocenters. The smallest absolute Gasteiger partial charge is 0.276 e. The van der Waals surface area contributed by atoms with E-state index in [1.807, 2.05) is 6.07 Å². The van der Waals surface area contributed by atoms with Crippen LogP contribution in [0.25, 0.3) is 0 Å².